The van der Waals surface area contributed by atoms with Crippen LogP contribution in [0.5, 0.6) is 5.75 Å². The first-order valence-electron chi connectivity index (χ1n) is 10.6. The van der Waals surface area contributed by atoms with E-state index in [1.807, 2.05) is 12.1 Å². The van der Waals surface area contributed by atoms with Gasteiger partial charge in [0.1, 0.15) is 17.5 Å². The molecule has 1 aliphatic rings. The number of nitrogens with one attached hydrogen (secondary N) is 1. The van der Waals surface area contributed by atoms with Gasteiger partial charge in [0.2, 0.25) is 15.9 Å². The second-order valence-electron chi connectivity index (χ2n) is 7.83. The van der Waals surface area contributed by atoms with E-state index >= 15 is 0 Å². The van der Waals surface area contributed by atoms with Crippen molar-refractivity contribution in [3.05, 3.63) is 52.6 Å². The number of rotatable bonds is 9. The molecular formula is C22H28N4O6S. The van der Waals surface area contributed by atoms with Gasteiger partial charge in [-0.1, -0.05) is 6.92 Å². The van der Waals surface area contributed by atoms with E-state index in [1.165, 1.54) is 19.2 Å². The third kappa shape index (κ3) is 5.54. The molecule has 1 aliphatic heterocycles. The predicted molar refractivity (Wildman–Crippen MR) is 128 cm³/mol. The number of non-ortho nitro benzene ring substituents is 1. The van der Waals surface area contributed by atoms with Gasteiger partial charge in [-0.3, -0.25) is 19.2 Å². The molecule has 1 N–H and O–H groups in total. The lowest BCUT2D eigenvalue weighted by molar-refractivity contribution is -0.384. The second kappa shape index (κ2) is 10.1. The predicted octanol–water partition coefficient (Wildman–Crippen LogP) is 3.39. The summed E-state index contributed by atoms with van der Waals surface area (Å²) in [6.07, 6.45) is 3.39. The first-order chi connectivity index (χ1) is 15.7. The molecule has 11 heteroatoms. The quantitative estimate of drug-likeness (QED) is 0.435. The highest BCUT2D eigenvalue weighted by atomic mass is 32.2. The van der Waals surface area contributed by atoms with Gasteiger partial charge in [-0.2, -0.15) is 0 Å². The van der Waals surface area contributed by atoms with Crippen LogP contribution >= 0.6 is 0 Å². The number of nitro groups is 1. The normalized spacial score (nSPS) is 14.6. The van der Waals surface area contributed by atoms with Crippen LogP contribution in [0.25, 0.3) is 0 Å². The molecule has 0 bridgehead atoms. The minimum Gasteiger partial charge on any atom is -0.495 e. The van der Waals surface area contributed by atoms with Crippen molar-refractivity contribution in [1.29, 1.82) is 0 Å². The average molecular weight is 477 g/mol. The molecule has 0 spiro atoms. The molecule has 0 aliphatic carbocycles. The third-order valence-electron chi connectivity index (χ3n) is 5.55. The summed E-state index contributed by atoms with van der Waals surface area (Å²) in [5.74, 6) is -0.447. The Balaban J connectivity index is 1.91. The van der Waals surface area contributed by atoms with Crippen LogP contribution in [0, 0.1) is 10.1 Å². The summed E-state index contributed by atoms with van der Waals surface area (Å²) < 4.78 is 31.6. The van der Waals surface area contributed by atoms with Crippen LogP contribution < -0.4 is 19.3 Å². The fourth-order valence-electron chi connectivity index (χ4n) is 3.96. The topological polar surface area (TPSA) is 122 Å². The van der Waals surface area contributed by atoms with Crippen LogP contribution in [0.1, 0.15) is 26.2 Å². The van der Waals surface area contributed by atoms with Gasteiger partial charge < -0.3 is 15.0 Å². The minimum absolute atomic E-state index is 0.0689. The van der Waals surface area contributed by atoms with Crippen molar-refractivity contribution in [3.8, 4) is 5.75 Å². The van der Waals surface area contributed by atoms with Gasteiger partial charge in [-0.25, -0.2) is 8.42 Å². The maximum absolute atomic E-state index is 13.2. The highest BCUT2D eigenvalue weighted by molar-refractivity contribution is 7.92. The second-order valence-corrected chi connectivity index (χ2v) is 9.69. The first kappa shape index (κ1) is 24.3. The number of carbonyl (C=O) groups is 1. The van der Waals surface area contributed by atoms with Gasteiger partial charge in [0.25, 0.3) is 5.69 Å². The molecule has 1 heterocycles. The monoisotopic (exact) mass is 476 g/mol. The van der Waals surface area contributed by atoms with Crippen LogP contribution in [0.4, 0.5) is 22.7 Å². The smallest absolute Gasteiger partial charge is 0.271 e. The van der Waals surface area contributed by atoms with Crippen molar-refractivity contribution in [2.45, 2.75) is 32.2 Å². The van der Waals surface area contributed by atoms with Crippen molar-refractivity contribution in [1.82, 2.24) is 0 Å². The highest BCUT2D eigenvalue weighted by Gasteiger charge is 2.34. The largest absolute Gasteiger partial charge is 0.495 e. The zero-order chi connectivity index (χ0) is 24.2. The van der Waals surface area contributed by atoms with Gasteiger partial charge in [-0.15, -0.1) is 0 Å². The van der Waals surface area contributed by atoms with E-state index in [-0.39, 0.29) is 23.5 Å². The van der Waals surface area contributed by atoms with Crippen LogP contribution in [0.3, 0.4) is 0 Å². The molecule has 1 atom stereocenters. The molecule has 178 valence electrons. The number of methoxy groups -OCH3 is 1. The van der Waals surface area contributed by atoms with Crippen molar-refractivity contribution in [2.75, 3.05) is 41.0 Å². The van der Waals surface area contributed by atoms with Gasteiger partial charge in [-0.05, 0) is 49.6 Å². The molecule has 1 amide bonds. The third-order valence-corrected chi connectivity index (χ3v) is 6.71. The van der Waals surface area contributed by atoms with Crippen LogP contribution in [0.2, 0.25) is 0 Å². The summed E-state index contributed by atoms with van der Waals surface area (Å²) in [6, 6.07) is 9.86. The molecule has 0 saturated carbocycles. The number of sulfonamides is 1. The minimum atomic E-state index is -4.00. The van der Waals surface area contributed by atoms with E-state index in [1.54, 1.807) is 19.1 Å². The van der Waals surface area contributed by atoms with Gasteiger partial charge >= 0.3 is 0 Å². The maximum Gasteiger partial charge on any atom is 0.271 e. The Morgan fingerprint density at radius 2 is 1.85 bits per heavy atom. The van der Waals surface area contributed by atoms with Crippen molar-refractivity contribution < 1.29 is 22.9 Å². The Morgan fingerprint density at radius 3 is 2.36 bits per heavy atom. The van der Waals surface area contributed by atoms with Gasteiger partial charge in [0, 0.05) is 36.6 Å². The number of ether oxygens (including phenoxy) is 1. The Labute approximate surface area is 193 Å². The SMILES string of the molecule is CC[C@@H](C(=O)Nc1ccc(N2CCCC2)cc1)N(c1cc([N+](=O)[O-])ccc1OC)S(C)(=O)=O. The zero-order valence-electron chi connectivity index (χ0n) is 18.9. The average Bonchev–Trinajstić information content (AvgIpc) is 3.31. The number of benzene rings is 2. The number of anilines is 3. The van der Waals surface area contributed by atoms with Crippen molar-refractivity contribution >= 4 is 38.7 Å². The molecule has 0 radical (unpaired) electrons. The number of amides is 1. The zero-order valence-corrected chi connectivity index (χ0v) is 19.7. The summed E-state index contributed by atoms with van der Waals surface area (Å²) in [5, 5.41) is 14.0. The summed E-state index contributed by atoms with van der Waals surface area (Å²) >= 11 is 0. The summed E-state index contributed by atoms with van der Waals surface area (Å²) in [7, 11) is -2.67. The van der Waals surface area contributed by atoms with Crippen molar-refractivity contribution in [2.24, 2.45) is 0 Å². The molecule has 2 aromatic carbocycles. The molecule has 2 aromatic rings. The Hall–Kier alpha value is -3.34. The van der Waals surface area contributed by atoms with E-state index in [9.17, 15) is 23.3 Å². The fourth-order valence-corrected chi connectivity index (χ4v) is 5.16. The summed E-state index contributed by atoms with van der Waals surface area (Å²) in [6.45, 7) is 3.67. The molecule has 33 heavy (non-hydrogen) atoms. The molecule has 0 unspecified atom stereocenters. The van der Waals surface area contributed by atoms with Crippen LogP contribution in [-0.2, 0) is 14.8 Å². The number of hydrogen-bond acceptors (Lipinski definition) is 7. The molecule has 1 saturated heterocycles. The Kier molecular flexibility index (Phi) is 7.42. The lowest BCUT2D eigenvalue weighted by Crippen LogP contribution is -2.47. The van der Waals surface area contributed by atoms with E-state index in [4.69, 9.17) is 4.74 Å². The number of nitro benzene ring substituents is 1. The van der Waals surface area contributed by atoms with E-state index in [0.717, 1.165) is 48.2 Å². The first-order valence-corrected chi connectivity index (χ1v) is 12.5. The summed E-state index contributed by atoms with van der Waals surface area (Å²) in [4.78, 5) is 26.1. The highest BCUT2D eigenvalue weighted by Crippen LogP contribution is 2.36. The van der Waals surface area contributed by atoms with E-state index in [0.29, 0.717) is 5.69 Å². The number of carbonyl (C=O) groups excluding carboxylic acids is 1. The standard InChI is InChI=1S/C22H28N4O6S/c1-4-19(22(27)23-16-7-9-17(10-8-16)24-13-5-6-14-24)25(33(3,30)31)20-15-18(26(28)29)11-12-21(20)32-2/h7-12,15,19H,4-6,13-14H2,1-3H3,(H,23,27)/t19-/m0/s1. The lowest BCUT2D eigenvalue weighted by Gasteiger charge is -2.31. The fraction of sp³-hybridized carbons (Fsp3) is 0.409. The molecule has 0 aromatic heterocycles. The lowest BCUT2D eigenvalue weighted by atomic mass is 10.1. The Morgan fingerprint density at radius 1 is 1.21 bits per heavy atom. The molecule has 3 rings (SSSR count). The van der Waals surface area contributed by atoms with Gasteiger partial charge in [0.05, 0.1) is 18.3 Å². The Bertz CT molecular complexity index is 1110. The number of nitrogens with zero attached hydrogens (tertiary/aromatic N) is 3. The van der Waals surface area contributed by atoms with Crippen LogP contribution in [0.15, 0.2) is 42.5 Å². The maximum atomic E-state index is 13.2. The van der Waals surface area contributed by atoms with Crippen LogP contribution in [-0.4, -0.2) is 51.7 Å². The molecular weight excluding hydrogens is 448 g/mol. The molecule has 1 fully saturated rings. The van der Waals surface area contributed by atoms with Gasteiger partial charge in [0.15, 0.2) is 0 Å². The number of hydrogen-bond donors (Lipinski definition) is 1. The summed E-state index contributed by atoms with van der Waals surface area (Å²) in [5.41, 5.74) is 1.21. The van der Waals surface area contributed by atoms with E-state index < -0.39 is 26.9 Å². The van der Waals surface area contributed by atoms with Crippen molar-refractivity contribution in [3.63, 3.8) is 0 Å². The van der Waals surface area contributed by atoms with E-state index in [2.05, 4.69) is 10.2 Å². The molecule has 10 nitrogen and oxygen atoms in total.